The molecule has 116 valence electrons. The summed E-state index contributed by atoms with van der Waals surface area (Å²) in [6, 6.07) is 12.2. The van der Waals surface area contributed by atoms with Crippen LogP contribution < -0.4 is 11.5 Å². The molecule has 0 aliphatic heterocycles. The molecule has 1 heterocycles. The van der Waals surface area contributed by atoms with Gasteiger partial charge in [-0.15, -0.1) is 11.3 Å². The number of halogens is 1. The number of benzene rings is 2. The second-order valence-corrected chi connectivity index (χ2v) is 6.24. The van der Waals surface area contributed by atoms with E-state index in [1.807, 2.05) is 25.1 Å². The van der Waals surface area contributed by atoms with Crippen LogP contribution in [-0.4, -0.2) is 11.9 Å². The number of aryl methyl sites for hydroxylation is 1. The summed E-state index contributed by atoms with van der Waals surface area (Å²) in [6.45, 7) is 1.91. The average molecular weight is 327 g/mol. The molecule has 0 saturated heterocycles. The molecule has 4 nitrogen and oxygen atoms in total. The fourth-order valence-electron chi connectivity index (χ4n) is 2.42. The van der Waals surface area contributed by atoms with Crippen molar-refractivity contribution >= 4 is 33.3 Å². The number of amides is 1. The maximum absolute atomic E-state index is 14.2. The first-order valence-corrected chi connectivity index (χ1v) is 7.70. The highest BCUT2D eigenvalue weighted by atomic mass is 32.1. The standard InChI is InChI=1S/C17H14FN3OS/c1-9-5-6-13(18)11(7-9)10-3-2-4-14-12(10)8-15(23-14)16(22)21-17(19)20/h2-8H,1H3,(H4,19,20,21,22). The van der Waals surface area contributed by atoms with Crippen LogP contribution in [-0.2, 0) is 0 Å². The number of nitrogens with zero attached hydrogens (tertiary/aromatic N) is 1. The van der Waals surface area contributed by atoms with E-state index < -0.39 is 5.91 Å². The molecule has 0 radical (unpaired) electrons. The van der Waals surface area contributed by atoms with E-state index in [0.29, 0.717) is 10.4 Å². The fourth-order valence-corrected chi connectivity index (χ4v) is 3.39. The number of thiophene rings is 1. The predicted molar refractivity (Wildman–Crippen MR) is 92.1 cm³/mol. The largest absolute Gasteiger partial charge is 0.370 e. The van der Waals surface area contributed by atoms with Gasteiger partial charge in [0.15, 0.2) is 5.96 Å². The monoisotopic (exact) mass is 327 g/mol. The number of fused-ring (bicyclic) bond motifs is 1. The highest BCUT2D eigenvalue weighted by Gasteiger charge is 2.14. The van der Waals surface area contributed by atoms with Crippen LogP contribution in [0.3, 0.4) is 0 Å². The van der Waals surface area contributed by atoms with Gasteiger partial charge in [-0.3, -0.25) is 4.79 Å². The zero-order valence-electron chi connectivity index (χ0n) is 12.3. The smallest absolute Gasteiger partial charge is 0.290 e. The third-order valence-corrected chi connectivity index (χ3v) is 4.50. The van der Waals surface area contributed by atoms with Gasteiger partial charge in [-0.05, 0) is 36.8 Å². The van der Waals surface area contributed by atoms with Crippen molar-refractivity contribution in [3.8, 4) is 11.1 Å². The maximum atomic E-state index is 14.2. The van der Waals surface area contributed by atoms with Crippen molar-refractivity contribution in [3.05, 3.63) is 58.7 Å². The van der Waals surface area contributed by atoms with E-state index in [2.05, 4.69) is 4.99 Å². The first kappa shape index (κ1) is 15.2. The Morgan fingerprint density at radius 1 is 1.13 bits per heavy atom. The lowest BCUT2D eigenvalue weighted by Gasteiger charge is -2.06. The first-order chi connectivity index (χ1) is 11.0. The van der Waals surface area contributed by atoms with E-state index >= 15 is 0 Å². The predicted octanol–water partition coefficient (Wildman–Crippen LogP) is 3.43. The van der Waals surface area contributed by atoms with Crippen LogP contribution in [0, 0.1) is 12.7 Å². The highest BCUT2D eigenvalue weighted by molar-refractivity contribution is 7.20. The Morgan fingerprint density at radius 2 is 1.91 bits per heavy atom. The summed E-state index contributed by atoms with van der Waals surface area (Å²) in [5.41, 5.74) is 12.7. The Labute approximate surface area is 136 Å². The molecule has 0 spiro atoms. The molecular weight excluding hydrogens is 313 g/mol. The van der Waals surface area contributed by atoms with E-state index in [0.717, 1.165) is 21.2 Å². The van der Waals surface area contributed by atoms with Crippen molar-refractivity contribution in [2.24, 2.45) is 16.5 Å². The lowest BCUT2D eigenvalue weighted by atomic mass is 9.99. The summed E-state index contributed by atoms with van der Waals surface area (Å²) in [7, 11) is 0. The third kappa shape index (κ3) is 2.93. The van der Waals surface area contributed by atoms with Crippen molar-refractivity contribution in [1.29, 1.82) is 0 Å². The molecule has 23 heavy (non-hydrogen) atoms. The van der Waals surface area contributed by atoms with Crippen molar-refractivity contribution < 1.29 is 9.18 Å². The molecule has 0 fully saturated rings. The van der Waals surface area contributed by atoms with E-state index in [1.165, 1.54) is 17.4 Å². The fraction of sp³-hybridized carbons (Fsp3) is 0.0588. The van der Waals surface area contributed by atoms with E-state index in [9.17, 15) is 9.18 Å². The number of hydrogen-bond acceptors (Lipinski definition) is 2. The van der Waals surface area contributed by atoms with Crippen LogP contribution in [0.25, 0.3) is 21.2 Å². The van der Waals surface area contributed by atoms with Gasteiger partial charge in [0, 0.05) is 15.6 Å². The summed E-state index contributed by atoms with van der Waals surface area (Å²) >= 11 is 1.28. The molecule has 0 atom stereocenters. The van der Waals surface area contributed by atoms with Gasteiger partial charge < -0.3 is 11.5 Å². The molecule has 6 heteroatoms. The molecule has 1 amide bonds. The Balaban J connectivity index is 2.20. The number of rotatable bonds is 2. The van der Waals surface area contributed by atoms with Crippen LogP contribution in [0.4, 0.5) is 4.39 Å². The third-order valence-electron chi connectivity index (χ3n) is 3.41. The minimum atomic E-state index is -0.498. The van der Waals surface area contributed by atoms with Crippen LogP contribution in [0.1, 0.15) is 15.2 Å². The Bertz CT molecular complexity index is 942. The zero-order valence-corrected chi connectivity index (χ0v) is 13.2. The van der Waals surface area contributed by atoms with Gasteiger partial charge in [0.2, 0.25) is 0 Å². The second-order valence-electron chi connectivity index (χ2n) is 5.15. The molecule has 0 unspecified atom stereocenters. The number of guanidine groups is 1. The van der Waals surface area contributed by atoms with Gasteiger partial charge in [0.1, 0.15) is 5.82 Å². The Morgan fingerprint density at radius 3 is 2.65 bits per heavy atom. The van der Waals surface area contributed by atoms with Gasteiger partial charge in [-0.25, -0.2) is 4.39 Å². The van der Waals surface area contributed by atoms with Crippen LogP contribution in [0.15, 0.2) is 47.5 Å². The lowest BCUT2D eigenvalue weighted by Crippen LogP contribution is -2.24. The van der Waals surface area contributed by atoms with Crippen molar-refractivity contribution in [2.75, 3.05) is 0 Å². The topological polar surface area (TPSA) is 81.5 Å². The normalized spacial score (nSPS) is 10.7. The van der Waals surface area contributed by atoms with Gasteiger partial charge in [-0.2, -0.15) is 4.99 Å². The number of carbonyl (C=O) groups excluding carboxylic acids is 1. The minimum absolute atomic E-state index is 0.280. The van der Waals surface area contributed by atoms with Crippen LogP contribution in [0.2, 0.25) is 0 Å². The molecule has 0 aliphatic rings. The Kier molecular flexibility index (Phi) is 3.83. The van der Waals surface area contributed by atoms with Gasteiger partial charge in [-0.1, -0.05) is 23.8 Å². The highest BCUT2D eigenvalue weighted by Crippen LogP contribution is 2.35. The minimum Gasteiger partial charge on any atom is -0.370 e. The molecule has 0 aliphatic carbocycles. The van der Waals surface area contributed by atoms with E-state index in [4.69, 9.17) is 11.5 Å². The average Bonchev–Trinajstić information content (AvgIpc) is 2.93. The van der Waals surface area contributed by atoms with Crippen molar-refractivity contribution in [3.63, 3.8) is 0 Å². The summed E-state index contributed by atoms with van der Waals surface area (Å²) in [4.78, 5) is 15.9. The van der Waals surface area contributed by atoms with Crippen molar-refractivity contribution in [2.45, 2.75) is 6.92 Å². The molecule has 1 aromatic heterocycles. The molecule has 3 rings (SSSR count). The van der Waals surface area contributed by atoms with E-state index in [-0.39, 0.29) is 11.8 Å². The second kappa shape index (κ2) is 5.81. The maximum Gasteiger partial charge on any atom is 0.290 e. The van der Waals surface area contributed by atoms with Gasteiger partial charge >= 0.3 is 0 Å². The molecule has 0 saturated carbocycles. The quantitative estimate of drug-likeness (QED) is 0.559. The number of nitrogens with two attached hydrogens (primary N) is 2. The van der Waals surface area contributed by atoms with Crippen LogP contribution >= 0.6 is 11.3 Å². The number of hydrogen-bond donors (Lipinski definition) is 2. The molecule has 4 N–H and O–H groups in total. The number of carbonyl (C=O) groups is 1. The lowest BCUT2D eigenvalue weighted by molar-refractivity contribution is 0.101. The Hall–Kier alpha value is -2.73. The summed E-state index contributed by atoms with van der Waals surface area (Å²) in [5, 5.41) is 0.802. The molecule has 3 aromatic rings. The van der Waals surface area contributed by atoms with E-state index in [1.54, 1.807) is 18.2 Å². The van der Waals surface area contributed by atoms with Gasteiger partial charge in [0.05, 0.1) is 4.88 Å². The van der Waals surface area contributed by atoms with Gasteiger partial charge in [0.25, 0.3) is 5.91 Å². The van der Waals surface area contributed by atoms with Crippen LogP contribution in [0.5, 0.6) is 0 Å². The molecule has 2 aromatic carbocycles. The first-order valence-electron chi connectivity index (χ1n) is 6.89. The molecule has 0 bridgehead atoms. The summed E-state index contributed by atoms with van der Waals surface area (Å²) in [6.07, 6.45) is 0. The zero-order chi connectivity index (χ0) is 16.6. The SMILES string of the molecule is Cc1ccc(F)c(-c2cccc3sc(C(=O)N=C(N)N)cc23)c1. The van der Waals surface area contributed by atoms with Crippen molar-refractivity contribution in [1.82, 2.24) is 0 Å². The molecular formula is C17H14FN3OS. The summed E-state index contributed by atoms with van der Waals surface area (Å²) < 4.78 is 15.1. The number of aliphatic imine (C=N–C) groups is 1. The summed E-state index contributed by atoms with van der Waals surface area (Å²) in [5.74, 6) is -1.08.